The van der Waals surface area contributed by atoms with E-state index in [0.717, 1.165) is 5.56 Å². The minimum Gasteiger partial charge on any atom is -0.493 e. The van der Waals surface area contributed by atoms with Crippen molar-refractivity contribution in [2.45, 2.75) is 6.92 Å². The standard InChI is InChI=1S/C18H17Cl2NO5/c1-10-4-6-12(19)17(16(10)20)21-15(22)9-26-13-7-5-11(18(23)25-3)8-14(13)24-2/h4-8H,9H2,1-3H3,(H,21,22). The first-order valence-corrected chi connectivity index (χ1v) is 8.26. The number of ether oxygens (including phenoxy) is 3. The molecule has 2 aromatic rings. The Labute approximate surface area is 160 Å². The van der Waals surface area contributed by atoms with E-state index in [4.69, 9.17) is 32.7 Å². The number of esters is 1. The summed E-state index contributed by atoms with van der Waals surface area (Å²) in [5.74, 6) is -0.348. The molecular weight excluding hydrogens is 381 g/mol. The molecule has 1 amide bonds. The number of benzene rings is 2. The summed E-state index contributed by atoms with van der Waals surface area (Å²) < 4.78 is 15.3. The quantitative estimate of drug-likeness (QED) is 0.742. The summed E-state index contributed by atoms with van der Waals surface area (Å²) in [5, 5.41) is 3.32. The van der Waals surface area contributed by atoms with Gasteiger partial charge in [-0.15, -0.1) is 0 Å². The van der Waals surface area contributed by atoms with Crippen molar-refractivity contribution < 1.29 is 23.8 Å². The zero-order valence-electron chi connectivity index (χ0n) is 14.4. The molecule has 138 valence electrons. The van der Waals surface area contributed by atoms with Crippen LogP contribution in [0.15, 0.2) is 30.3 Å². The third-order valence-electron chi connectivity index (χ3n) is 3.49. The van der Waals surface area contributed by atoms with Crippen molar-refractivity contribution in [2.75, 3.05) is 26.1 Å². The Kier molecular flexibility index (Phi) is 6.71. The van der Waals surface area contributed by atoms with Crippen molar-refractivity contribution in [1.29, 1.82) is 0 Å². The van der Waals surface area contributed by atoms with E-state index in [1.54, 1.807) is 19.1 Å². The van der Waals surface area contributed by atoms with E-state index in [9.17, 15) is 9.59 Å². The molecule has 1 N–H and O–H groups in total. The average Bonchev–Trinajstić information content (AvgIpc) is 2.65. The van der Waals surface area contributed by atoms with Crippen LogP contribution in [0.4, 0.5) is 5.69 Å². The van der Waals surface area contributed by atoms with Crippen molar-refractivity contribution in [2.24, 2.45) is 0 Å². The highest BCUT2D eigenvalue weighted by atomic mass is 35.5. The Hall–Kier alpha value is -2.44. The number of aryl methyl sites for hydroxylation is 1. The third-order valence-corrected chi connectivity index (χ3v) is 4.29. The molecule has 6 nitrogen and oxygen atoms in total. The number of methoxy groups -OCH3 is 2. The third kappa shape index (κ3) is 4.59. The smallest absolute Gasteiger partial charge is 0.337 e. The van der Waals surface area contributed by atoms with Crippen molar-refractivity contribution in [3.05, 3.63) is 51.5 Å². The number of anilines is 1. The highest BCUT2D eigenvalue weighted by molar-refractivity contribution is 6.40. The topological polar surface area (TPSA) is 73.9 Å². The average molecular weight is 398 g/mol. The molecule has 0 atom stereocenters. The van der Waals surface area contributed by atoms with Crippen LogP contribution in [0.5, 0.6) is 11.5 Å². The summed E-state index contributed by atoms with van der Waals surface area (Å²) in [7, 11) is 2.71. The molecule has 0 aliphatic rings. The molecule has 0 aliphatic heterocycles. The summed E-state index contributed by atoms with van der Waals surface area (Å²) in [5.41, 5.74) is 1.42. The highest BCUT2D eigenvalue weighted by Crippen LogP contribution is 2.33. The van der Waals surface area contributed by atoms with Crippen molar-refractivity contribution in [1.82, 2.24) is 0 Å². The van der Waals surface area contributed by atoms with E-state index in [1.165, 1.54) is 32.4 Å². The van der Waals surface area contributed by atoms with Gasteiger partial charge in [-0.05, 0) is 36.8 Å². The van der Waals surface area contributed by atoms with Crippen molar-refractivity contribution in [3.8, 4) is 11.5 Å². The summed E-state index contributed by atoms with van der Waals surface area (Å²) in [6, 6.07) is 7.90. The van der Waals surface area contributed by atoms with Gasteiger partial charge in [0, 0.05) is 0 Å². The van der Waals surface area contributed by atoms with Gasteiger partial charge in [-0.1, -0.05) is 29.3 Å². The lowest BCUT2D eigenvalue weighted by atomic mass is 10.2. The molecule has 26 heavy (non-hydrogen) atoms. The molecule has 0 aliphatic carbocycles. The van der Waals surface area contributed by atoms with Crippen LogP contribution >= 0.6 is 23.2 Å². The normalized spacial score (nSPS) is 10.2. The van der Waals surface area contributed by atoms with Crippen LogP contribution in [0.25, 0.3) is 0 Å². The van der Waals surface area contributed by atoms with E-state index in [2.05, 4.69) is 10.1 Å². The number of carbonyl (C=O) groups excluding carboxylic acids is 2. The molecule has 0 aromatic heterocycles. The predicted octanol–water partition coefficient (Wildman–Crippen LogP) is 4.11. The first kappa shape index (κ1) is 19.9. The van der Waals surface area contributed by atoms with Crippen molar-refractivity contribution >= 4 is 40.8 Å². The van der Waals surface area contributed by atoms with Gasteiger partial charge in [0.1, 0.15) is 0 Å². The van der Waals surface area contributed by atoms with E-state index >= 15 is 0 Å². The van der Waals surface area contributed by atoms with Crippen molar-refractivity contribution in [3.63, 3.8) is 0 Å². The van der Waals surface area contributed by atoms with E-state index in [0.29, 0.717) is 32.8 Å². The summed E-state index contributed by atoms with van der Waals surface area (Å²) in [6.07, 6.45) is 0. The van der Waals surface area contributed by atoms with Crippen LogP contribution in [0, 0.1) is 6.92 Å². The van der Waals surface area contributed by atoms with Gasteiger partial charge in [0.2, 0.25) is 0 Å². The van der Waals surface area contributed by atoms with Crippen LogP contribution in [0.2, 0.25) is 10.0 Å². The van der Waals surface area contributed by atoms with Crippen LogP contribution in [-0.4, -0.2) is 32.7 Å². The SMILES string of the molecule is COC(=O)c1ccc(OCC(=O)Nc2c(Cl)ccc(C)c2Cl)c(OC)c1. The summed E-state index contributed by atoms with van der Waals surface area (Å²) in [4.78, 5) is 23.7. The Balaban J connectivity index is 2.08. The molecule has 0 fully saturated rings. The number of carbonyl (C=O) groups is 2. The maximum Gasteiger partial charge on any atom is 0.337 e. The lowest BCUT2D eigenvalue weighted by Gasteiger charge is -2.13. The van der Waals surface area contributed by atoms with Crippen LogP contribution in [0.3, 0.4) is 0 Å². The Bertz CT molecular complexity index is 839. The maximum atomic E-state index is 12.2. The second-order valence-electron chi connectivity index (χ2n) is 5.25. The Morgan fingerprint density at radius 3 is 2.46 bits per heavy atom. The minimum absolute atomic E-state index is 0.297. The van der Waals surface area contributed by atoms with E-state index < -0.39 is 11.9 Å². The number of hydrogen-bond acceptors (Lipinski definition) is 5. The first-order chi connectivity index (χ1) is 12.4. The summed E-state index contributed by atoms with van der Waals surface area (Å²) >= 11 is 12.2. The minimum atomic E-state index is -0.503. The number of rotatable bonds is 6. The fraction of sp³-hybridized carbons (Fsp3) is 0.222. The molecule has 0 heterocycles. The number of nitrogens with one attached hydrogen (secondary N) is 1. The number of amides is 1. The molecular formula is C18H17Cl2NO5. The second kappa shape index (κ2) is 8.78. The molecule has 0 unspecified atom stereocenters. The highest BCUT2D eigenvalue weighted by Gasteiger charge is 2.15. The van der Waals surface area contributed by atoms with Gasteiger partial charge in [0.05, 0.1) is 35.5 Å². The predicted molar refractivity (Wildman–Crippen MR) is 99.7 cm³/mol. The monoisotopic (exact) mass is 397 g/mol. The van der Waals surface area contributed by atoms with Gasteiger partial charge < -0.3 is 19.5 Å². The second-order valence-corrected chi connectivity index (χ2v) is 6.03. The van der Waals surface area contributed by atoms with Gasteiger partial charge >= 0.3 is 5.97 Å². The first-order valence-electron chi connectivity index (χ1n) is 7.51. The Morgan fingerprint density at radius 2 is 1.81 bits per heavy atom. The number of hydrogen-bond donors (Lipinski definition) is 1. The summed E-state index contributed by atoms with van der Waals surface area (Å²) in [6.45, 7) is 1.51. The maximum absolute atomic E-state index is 12.2. The lowest BCUT2D eigenvalue weighted by molar-refractivity contribution is -0.118. The van der Waals surface area contributed by atoms with Crippen LogP contribution in [-0.2, 0) is 9.53 Å². The van der Waals surface area contributed by atoms with Gasteiger partial charge in [-0.3, -0.25) is 4.79 Å². The number of halogens is 2. The van der Waals surface area contributed by atoms with Gasteiger partial charge in [-0.2, -0.15) is 0 Å². The molecule has 0 bridgehead atoms. The van der Waals surface area contributed by atoms with E-state index in [1.807, 2.05) is 0 Å². The molecule has 0 spiro atoms. The lowest BCUT2D eigenvalue weighted by Crippen LogP contribution is -2.21. The van der Waals surface area contributed by atoms with E-state index in [-0.39, 0.29) is 6.61 Å². The van der Waals surface area contributed by atoms with Gasteiger partial charge in [0.25, 0.3) is 5.91 Å². The zero-order chi connectivity index (χ0) is 19.3. The molecule has 0 saturated heterocycles. The van der Waals surface area contributed by atoms with Crippen LogP contribution in [0.1, 0.15) is 15.9 Å². The fourth-order valence-corrected chi connectivity index (χ4v) is 2.59. The Morgan fingerprint density at radius 1 is 1.08 bits per heavy atom. The molecule has 0 saturated carbocycles. The van der Waals surface area contributed by atoms with Gasteiger partial charge in [-0.25, -0.2) is 4.79 Å². The zero-order valence-corrected chi connectivity index (χ0v) is 15.9. The fourth-order valence-electron chi connectivity index (χ4n) is 2.12. The molecule has 8 heteroatoms. The molecule has 2 rings (SSSR count). The van der Waals surface area contributed by atoms with Gasteiger partial charge in [0.15, 0.2) is 18.1 Å². The van der Waals surface area contributed by atoms with Crippen LogP contribution < -0.4 is 14.8 Å². The molecule has 2 aromatic carbocycles. The largest absolute Gasteiger partial charge is 0.493 e. The molecule has 0 radical (unpaired) electrons.